The molecule has 0 bridgehead atoms. The Labute approximate surface area is 110 Å². The highest BCUT2D eigenvalue weighted by atomic mass is 16.5. The minimum Gasteiger partial charge on any atom is -0.493 e. The molecule has 0 radical (unpaired) electrons. The first kappa shape index (κ1) is 12.0. The summed E-state index contributed by atoms with van der Waals surface area (Å²) in [6.45, 7) is 0.481. The van der Waals surface area contributed by atoms with Crippen LogP contribution in [0.1, 0.15) is 30.7 Å². The van der Waals surface area contributed by atoms with Gasteiger partial charge in [0, 0.05) is 5.56 Å². The summed E-state index contributed by atoms with van der Waals surface area (Å²) in [5.74, 6) is -0.757. The van der Waals surface area contributed by atoms with Gasteiger partial charge in [0.15, 0.2) is 0 Å². The lowest BCUT2D eigenvalue weighted by molar-refractivity contribution is -0.143. The molecule has 100 valence electrons. The van der Waals surface area contributed by atoms with E-state index in [4.69, 9.17) is 9.84 Å². The van der Waals surface area contributed by atoms with Crippen LogP contribution < -0.4 is 10.1 Å². The molecule has 1 aliphatic carbocycles. The second-order valence-electron chi connectivity index (χ2n) is 5.10. The average Bonchev–Trinajstić information content (AvgIpc) is 3.19. The molecule has 1 amide bonds. The number of ether oxygens (including phenoxy) is 1. The Kier molecular flexibility index (Phi) is 2.69. The summed E-state index contributed by atoms with van der Waals surface area (Å²) in [6.07, 6.45) is 1.61. The molecule has 1 fully saturated rings. The topological polar surface area (TPSA) is 75.6 Å². The number of hydrogen-bond donors (Lipinski definition) is 2. The molecule has 1 aliphatic heterocycles. The fraction of sp³-hybridized carbons (Fsp3) is 0.429. The highest BCUT2D eigenvalue weighted by Gasteiger charge is 2.52. The Bertz CT molecular complexity index is 536. The van der Waals surface area contributed by atoms with Gasteiger partial charge in [-0.15, -0.1) is 0 Å². The first-order valence-electron chi connectivity index (χ1n) is 6.39. The molecule has 2 N–H and O–H groups in total. The molecule has 1 atom stereocenters. The summed E-state index contributed by atoms with van der Waals surface area (Å²) in [5, 5.41) is 11.8. The maximum absolute atomic E-state index is 12.3. The predicted molar refractivity (Wildman–Crippen MR) is 67.0 cm³/mol. The zero-order valence-corrected chi connectivity index (χ0v) is 10.4. The van der Waals surface area contributed by atoms with Crippen molar-refractivity contribution in [3.05, 3.63) is 29.8 Å². The molecule has 1 saturated carbocycles. The molecule has 3 rings (SSSR count). The van der Waals surface area contributed by atoms with Crippen LogP contribution in [0.4, 0.5) is 0 Å². The lowest BCUT2D eigenvalue weighted by Crippen LogP contribution is -2.45. The standard InChI is InChI=1S/C14H15NO4/c16-12(15-14(6-7-14)13(17)18)10-5-8-19-11-4-2-1-3-9(10)11/h1-4,10H,5-8H2,(H,15,16)(H,17,18)/t10-/m0/s1. The van der Waals surface area contributed by atoms with Crippen molar-refractivity contribution in [1.82, 2.24) is 5.32 Å². The van der Waals surface area contributed by atoms with E-state index in [1.807, 2.05) is 24.3 Å². The van der Waals surface area contributed by atoms with E-state index in [0.29, 0.717) is 31.6 Å². The lowest BCUT2D eigenvalue weighted by Gasteiger charge is -2.26. The number of amides is 1. The number of rotatable bonds is 3. The molecule has 0 unspecified atom stereocenters. The van der Waals surface area contributed by atoms with E-state index in [1.54, 1.807) is 0 Å². The fourth-order valence-corrected chi connectivity index (χ4v) is 2.45. The summed E-state index contributed by atoms with van der Waals surface area (Å²) < 4.78 is 5.50. The molecule has 0 aromatic heterocycles. The van der Waals surface area contributed by atoms with Gasteiger partial charge in [-0.2, -0.15) is 0 Å². The van der Waals surface area contributed by atoms with Crippen molar-refractivity contribution in [1.29, 1.82) is 0 Å². The molecule has 1 heterocycles. The van der Waals surface area contributed by atoms with Crippen molar-refractivity contribution >= 4 is 11.9 Å². The smallest absolute Gasteiger partial charge is 0.329 e. The first-order valence-corrected chi connectivity index (χ1v) is 6.39. The number of hydrogen-bond acceptors (Lipinski definition) is 3. The van der Waals surface area contributed by atoms with Gasteiger partial charge < -0.3 is 15.2 Å². The maximum atomic E-state index is 12.3. The van der Waals surface area contributed by atoms with Crippen molar-refractivity contribution in [3.8, 4) is 5.75 Å². The van der Waals surface area contributed by atoms with E-state index < -0.39 is 11.5 Å². The Hall–Kier alpha value is -2.04. The van der Waals surface area contributed by atoms with Crippen LogP contribution in [-0.4, -0.2) is 29.1 Å². The minimum atomic E-state index is -1.02. The number of carbonyl (C=O) groups is 2. The van der Waals surface area contributed by atoms with Crippen molar-refractivity contribution in [2.24, 2.45) is 0 Å². The van der Waals surface area contributed by atoms with Gasteiger partial charge >= 0.3 is 5.97 Å². The Morgan fingerprint density at radius 3 is 2.74 bits per heavy atom. The molecule has 5 heteroatoms. The van der Waals surface area contributed by atoms with Crippen molar-refractivity contribution in [2.75, 3.05) is 6.61 Å². The first-order chi connectivity index (χ1) is 9.12. The number of aliphatic carboxylic acids is 1. The predicted octanol–water partition coefficient (Wildman–Crippen LogP) is 1.29. The van der Waals surface area contributed by atoms with Crippen LogP contribution in [0, 0.1) is 0 Å². The van der Waals surface area contributed by atoms with Crippen LogP contribution in [0.5, 0.6) is 5.75 Å². The largest absolute Gasteiger partial charge is 0.493 e. The third-order valence-electron chi connectivity index (χ3n) is 3.80. The summed E-state index contributed by atoms with van der Waals surface area (Å²) >= 11 is 0. The summed E-state index contributed by atoms with van der Waals surface area (Å²) in [5.41, 5.74) is -0.183. The Balaban J connectivity index is 1.80. The zero-order chi connectivity index (χ0) is 13.5. The maximum Gasteiger partial charge on any atom is 0.329 e. The fourth-order valence-electron chi connectivity index (χ4n) is 2.45. The zero-order valence-electron chi connectivity index (χ0n) is 10.4. The summed E-state index contributed by atoms with van der Waals surface area (Å²) in [7, 11) is 0. The lowest BCUT2D eigenvalue weighted by atomic mass is 9.92. The van der Waals surface area contributed by atoms with Gasteiger partial charge in [0.05, 0.1) is 12.5 Å². The van der Waals surface area contributed by atoms with Crippen molar-refractivity contribution < 1.29 is 19.4 Å². The highest BCUT2D eigenvalue weighted by Crippen LogP contribution is 2.38. The van der Waals surface area contributed by atoms with Crippen LogP contribution in [-0.2, 0) is 9.59 Å². The van der Waals surface area contributed by atoms with Crippen molar-refractivity contribution in [3.63, 3.8) is 0 Å². The van der Waals surface area contributed by atoms with E-state index in [1.165, 1.54) is 0 Å². The average molecular weight is 261 g/mol. The molecule has 1 aromatic carbocycles. The van der Waals surface area contributed by atoms with Gasteiger partial charge in [0.1, 0.15) is 11.3 Å². The van der Waals surface area contributed by atoms with E-state index in [9.17, 15) is 9.59 Å². The van der Waals surface area contributed by atoms with Gasteiger partial charge in [-0.1, -0.05) is 18.2 Å². The third kappa shape index (κ3) is 2.05. The van der Waals surface area contributed by atoms with Crippen LogP contribution in [0.3, 0.4) is 0 Å². The quantitative estimate of drug-likeness (QED) is 0.859. The molecule has 2 aliphatic rings. The molecule has 0 saturated heterocycles. The highest BCUT2D eigenvalue weighted by molar-refractivity contribution is 5.92. The normalized spacial score (nSPS) is 22.8. The molecule has 5 nitrogen and oxygen atoms in total. The Morgan fingerprint density at radius 1 is 1.32 bits per heavy atom. The molecule has 1 aromatic rings. The number of fused-ring (bicyclic) bond motifs is 1. The van der Waals surface area contributed by atoms with E-state index in [0.717, 1.165) is 5.56 Å². The van der Waals surface area contributed by atoms with Gasteiger partial charge in [-0.3, -0.25) is 4.79 Å². The van der Waals surface area contributed by atoms with Crippen LogP contribution in [0.15, 0.2) is 24.3 Å². The van der Waals surface area contributed by atoms with Gasteiger partial charge in [-0.05, 0) is 25.3 Å². The van der Waals surface area contributed by atoms with Gasteiger partial charge in [0.2, 0.25) is 5.91 Å². The third-order valence-corrected chi connectivity index (χ3v) is 3.80. The summed E-state index contributed by atoms with van der Waals surface area (Å²) in [4.78, 5) is 23.4. The van der Waals surface area contributed by atoms with Crippen LogP contribution in [0.25, 0.3) is 0 Å². The molecular formula is C14H15NO4. The number of benzene rings is 1. The van der Waals surface area contributed by atoms with Crippen molar-refractivity contribution in [2.45, 2.75) is 30.7 Å². The molecule has 0 spiro atoms. The summed E-state index contributed by atoms with van der Waals surface area (Å²) in [6, 6.07) is 7.41. The monoisotopic (exact) mass is 261 g/mol. The van der Waals surface area contributed by atoms with Gasteiger partial charge in [0.25, 0.3) is 0 Å². The van der Waals surface area contributed by atoms with Crippen LogP contribution >= 0.6 is 0 Å². The number of para-hydroxylation sites is 1. The van der Waals surface area contributed by atoms with Crippen LogP contribution in [0.2, 0.25) is 0 Å². The second-order valence-corrected chi connectivity index (χ2v) is 5.10. The number of nitrogens with one attached hydrogen (secondary N) is 1. The number of carboxylic acid groups (broad SMARTS) is 1. The van der Waals surface area contributed by atoms with E-state index in [-0.39, 0.29) is 11.8 Å². The molecule has 19 heavy (non-hydrogen) atoms. The minimum absolute atomic E-state index is 0.212. The van der Waals surface area contributed by atoms with E-state index in [2.05, 4.69) is 5.32 Å². The number of carbonyl (C=O) groups excluding carboxylic acids is 1. The Morgan fingerprint density at radius 2 is 2.05 bits per heavy atom. The SMILES string of the molecule is O=C(NC1(C(=O)O)CC1)[C@H]1CCOc2ccccc21. The number of carboxylic acids is 1. The second kappa shape index (κ2) is 4.26. The van der Waals surface area contributed by atoms with Gasteiger partial charge in [-0.25, -0.2) is 4.79 Å². The van der Waals surface area contributed by atoms with E-state index >= 15 is 0 Å². The molecular weight excluding hydrogens is 246 g/mol.